The summed E-state index contributed by atoms with van der Waals surface area (Å²) in [6, 6.07) is 9.31. The molecule has 2 heterocycles. The Kier molecular flexibility index (Phi) is 6.26. The number of nitrogens with zero attached hydrogens (tertiary/aromatic N) is 4. The fourth-order valence-electron chi connectivity index (χ4n) is 2.46. The molecule has 0 radical (unpaired) electrons. The van der Waals surface area contributed by atoms with Crippen molar-refractivity contribution in [3.8, 4) is 11.4 Å². The molecule has 154 valence electrons. The molecule has 0 unspecified atom stereocenters. The molecule has 11 heteroatoms. The first kappa shape index (κ1) is 21.2. The summed E-state index contributed by atoms with van der Waals surface area (Å²) >= 11 is 5.85. The van der Waals surface area contributed by atoms with Gasteiger partial charge in [-0.05, 0) is 30.3 Å². The van der Waals surface area contributed by atoms with Gasteiger partial charge in [0.25, 0.3) is 0 Å². The van der Waals surface area contributed by atoms with Crippen molar-refractivity contribution in [1.82, 2.24) is 14.8 Å². The minimum Gasteiger partial charge on any atom is -0.406 e. The third-order valence-corrected chi connectivity index (χ3v) is 3.89. The Balaban J connectivity index is 1.99. The molecule has 0 saturated carbocycles. The Hall–Kier alpha value is -3.53. The molecule has 0 atom stereocenters. The summed E-state index contributed by atoms with van der Waals surface area (Å²) in [5.74, 6) is -0.381. The zero-order valence-electron chi connectivity index (χ0n) is 15.1. The van der Waals surface area contributed by atoms with E-state index in [1.54, 1.807) is 6.07 Å². The van der Waals surface area contributed by atoms with Crippen LogP contribution in [0, 0.1) is 5.41 Å². The molecule has 0 saturated heterocycles. The maximum Gasteiger partial charge on any atom is 0.573 e. The zero-order valence-corrected chi connectivity index (χ0v) is 15.9. The topological polar surface area (TPSA) is 93.2 Å². The van der Waals surface area contributed by atoms with Gasteiger partial charge in [-0.3, -0.25) is 9.79 Å². The lowest BCUT2D eigenvalue weighted by molar-refractivity contribution is -0.274. The van der Waals surface area contributed by atoms with Gasteiger partial charge in [0.2, 0.25) is 5.43 Å². The van der Waals surface area contributed by atoms with Crippen molar-refractivity contribution in [3.63, 3.8) is 0 Å². The lowest BCUT2D eigenvalue weighted by atomic mass is 10.2. The molecule has 0 spiro atoms. The Morgan fingerprint density at radius 1 is 1.23 bits per heavy atom. The highest BCUT2D eigenvalue weighted by Crippen LogP contribution is 2.23. The summed E-state index contributed by atoms with van der Waals surface area (Å²) in [4.78, 5) is 20.6. The number of hydrogen-bond acceptors (Lipinski definition) is 6. The van der Waals surface area contributed by atoms with Gasteiger partial charge in [-0.25, -0.2) is 9.67 Å². The molecule has 2 aromatic heterocycles. The van der Waals surface area contributed by atoms with Crippen LogP contribution < -0.4 is 10.2 Å². The van der Waals surface area contributed by atoms with Crippen LogP contribution in [-0.2, 0) is 0 Å². The maximum atomic E-state index is 12.4. The molecule has 1 aromatic carbocycles. The van der Waals surface area contributed by atoms with Crippen LogP contribution in [0.5, 0.6) is 5.75 Å². The molecule has 0 fully saturated rings. The van der Waals surface area contributed by atoms with Gasteiger partial charge in [-0.15, -0.1) is 13.2 Å². The largest absolute Gasteiger partial charge is 0.573 e. The number of hydrogen-bond donors (Lipinski definition) is 1. The van der Waals surface area contributed by atoms with Crippen LogP contribution in [0.15, 0.2) is 64.6 Å². The fourth-order valence-corrected chi connectivity index (χ4v) is 2.63. The maximum absolute atomic E-state index is 12.4. The second-order valence-electron chi connectivity index (χ2n) is 5.82. The third kappa shape index (κ3) is 5.51. The minimum absolute atomic E-state index is 0.00967. The molecule has 0 bridgehead atoms. The molecule has 3 aromatic rings. The first-order valence-electron chi connectivity index (χ1n) is 8.40. The number of halogens is 4. The van der Waals surface area contributed by atoms with Gasteiger partial charge in [0.05, 0.1) is 17.1 Å². The van der Waals surface area contributed by atoms with Crippen LogP contribution in [0.25, 0.3) is 5.69 Å². The molecule has 0 aliphatic rings. The van der Waals surface area contributed by atoms with E-state index in [0.717, 1.165) is 18.3 Å². The molecule has 0 aliphatic heterocycles. The average Bonchev–Trinajstić information content (AvgIpc) is 2.68. The number of rotatable bonds is 6. The minimum atomic E-state index is -4.79. The molecule has 30 heavy (non-hydrogen) atoms. The molecular weight excluding hydrogens is 423 g/mol. The van der Waals surface area contributed by atoms with Crippen molar-refractivity contribution in [2.24, 2.45) is 4.99 Å². The third-order valence-electron chi connectivity index (χ3n) is 3.69. The summed E-state index contributed by atoms with van der Waals surface area (Å²) in [5.41, 5.74) is 0.612. The van der Waals surface area contributed by atoms with E-state index in [1.165, 1.54) is 41.3 Å². The van der Waals surface area contributed by atoms with Crippen molar-refractivity contribution in [2.45, 2.75) is 12.8 Å². The van der Waals surface area contributed by atoms with E-state index in [9.17, 15) is 18.0 Å². The normalized spacial score (nSPS) is 11.9. The monoisotopic (exact) mass is 435 g/mol. The predicted molar refractivity (Wildman–Crippen MR) is 105 cm³/mol. The van der Waals surface area contributed by atoms with Gasteiger partial charge in [-0.2, -0.15) is 5.10 Å². The number of ether oxygens (including phenoxy) is 1. The quantitative estimate of drug-likeness (QED) is 0.460. The van der Waals surface area contributed by atoms with Crippen LogP contribution in [0.2, 0.25) is 5.15 Å². The summed E-state index contributed by atoms with van der Waals surface area (Å²) in [6.07, 6.45) is -0.868. The van der Waals surface area contributed by atoms with E-state index in [-0.39, 0.29) is 28.7 Å². The van der Waals surface area contributed by atoms with E-state index < -0.39 is 11.8 Å². The number of alkyl halides is 3. The van der Waals surface area contributed by atoms with Crippen LogP contribution in [-0.4, -0.2) is 33.1 Å². The second-order valence-corrected chi connectivity index (χ2v) is 6.21. The summed E-state index contributed by atoms with van der Waals surface area (Å²) in [7, 11) is 0. The van der Waals surface area contributed by atoms with E-state index in [1.807, 2.05) is 0 Å². The van der Waals surface area contributed by atoms with Crippen molar-refractivity contribution >= 4 is 29.2 Å². The lowest BCUT2D eigenvalue weighted by Crippen LogP contribution is -2.21. The van der Waals surface area contributed by atoms with Gasteiger partial charge < -0.3 is 10.1 Å². The summed E-state index contributed by atoms with van der Waals surface area (Å²) in [5, 5.41) is 11.8. The van der Waals surface area contributed by atoms with Crippen molar-refractivity contribution in [2.75, 3.05) is 0 Å². The van der Waals surface area contributed by atoms with E-state index in [4.69, 9.17) is 17.0 Å². The lowest BCUT2D eigenvalue weighted by Gasteiger charge is -2.11. The van der Waals surface area contributed by atoms with Gasteiger partial charge in [-0.1, -0.05) is 11.6 Å². The standard InChI is InChI=1S/C19H13ClF3N5O2/c20-17-11-12(6-9-25-17)26-15(5-8-24)18-16(29)7-10-28(27-18)13-1-3-14(4-2-13)30-19(21,22)23/h1-4,6-11,24H,5H2. The SMILES string of the molecule is N=CCC(=Nc1ccnc(Cl)c1)c1nn(-c2ccc(OC(F)(F)F)cc2)ccc1=O. The molecular formula is C19H13ClF3N5O2. The zero-order chi connectivity index (χ0) is 21.7. The van der Waals surface area contributed by atoms with E-state index >= 15 is 0 Å². The van der Waals surface area contributed by atoms with Crippen LogP contribution in [0.1, 0.15) is 12.1 Å². The summed E-state index contributed by atoms with van der Waals surface area (Å²) < 4.78 is 42.1. The fraction of sp³-hybridized carbons (Fsp3) is 0.105. The Labute approximate surface area is 172 Å². The first-order chi connectivity index (χ1) is 14.2. The highest BCUT2D eigenvalue weighted by atomic mass is 35.5. The van der Waals surface area contributed by atoms with Gasteiger partial charge in [0.1, 0.15) is 10.9 Å². The average molecular weight is 436 g/mol. The highest BCUT2D eigenvalue weighted by molar-refractivity contribution is 6.29. The Morgan fingerprint density at radius 3 is 2.60 bits per heavy atom. The molecule has 0 aliphatic carbocycles. The van der Waals surface area contributed by atoms with Gasteiger partial charge in [0, 0.05) is 37.2 Å². The van der Waals surface area contributed by atoms with Crippen molar-refractivity contribution in [1.29, 1.82) is 5.41 Å². The van der Waals surface area contributed by atoms with Crippen molar-refractivity contribution in [3.05, 3.63) is 75.9 Å². The molecule has 7 nitrogen and oxygen atoms in total. The van der Waals surface area contributed by atoms with Crippen LogP contribution in [0.4, 0.5) is 18.9 Å². The van der Waals surface area contributed by atoms with Gasteiger partial charge >= 0.3 is 6.36 Å². The number of aliphatic imine (C=N–C) groups is 1. The van der Waals surface area contributed by atoms with Crippen molar-refractivity contribution < 1.29 is 17.9 Å². The molecule has 0 amide bonds. The number of benzene rings is 1. The number of nitrogens with one attached hydrogen (secondary N) is 1. The molecule has 3 rings (SSSR count). The van der Waals surface area contributed by atoms with Crippen LogP contribution >= 0.6 is 11.6 Å². The van der Waals surface area contributed by atoms with E-state index in [2.05, 4.69) is 19.8 Å². The second kappa shape index (κ2) is 8.87. The predicted octanol–water partition coefficient (Wildman–Crippen LogP) is 4.34. The van der Waals surface area contributed by atoms with Gasteiger partial charge in [0.15, 0.2) is 5.69 Å². The number of aromatic nitrogens is 3. The Morgan fingerprint density at radius 2 is 1.97 bits per heavy atom. The van der Waals surface area contributed by atoms with Crippen LogP contribution in [0.3, 0.4) is 0 Å². The Bertz CT molecular complexity index is 1140. The highest BCUT2D eigenvalue weighted by Gasteiger charge is 2.31. The van der Waals surface area contributed by atoms with E-state index in [0.29, 0.717) is 11.4 Å². The smallest absolute Gasteiger partial charge is 0.406 e. The number of pyridine rings is 1. The summed E-state index contributed by atoms with van der Waals surface area (Å²) in [6.45, 7) is 0. The first-order valence-corrected chi connectivity index (χ1v) is 8.77. The molecule has 1 N–H and O–H groups in total.